The maximum atomic E-state index is 12.7. The Labute approximate surface area is 180 Å². The van der Waals surface area contributed by atoms with E-state index in [1.54, 1.807) is 16.2 Å². The van der Waals surface area contributed by atoms with Crippen molar-refractivity contribution in [2.24, 2.45) is 0 Å². The Kier molecular flexibility index (Phi) is 5.47. The molecule has 6 nitrogen and oxygen atoms in total. The number of aromatic nitrogens is 2. The van der Waals surface area contributed by atoms with Crippen molar-refractivity contribution in [3.8, 4) is 11.3 Å². The van der Waals surface area contributed by atoms with Crippen LogP contribution in [-0.4, -0.2) is 34.6 Å². The quantitative estimate of drug-likeness (QED) is 0.574. The zero-order valence-corrected chi connectivity index (χ0v) is 18.5. The van der Waals surface area contributed by atoms with Crippen LogP contribution in [0, 0.1) is 20.8 Å². The van der Waals surface area contributed by atoms with Gasteiger partial charge in [0.25, 0.3) is 5.91 Å². The van der Waals surface area contributed by atoms with E-state index in [-0.39, 0.29) is 12.5 Å². The third-order valence-electron chi connectivity index (χ3n) is 5.63. The maximum Gasteiger partial charge on any atom is 0.340 e. The predicted octanol–water partition coefficient (Wildman–Crippen LogP) is 4.30. The van der Waals surface area contributed by atoms with Crippen molar-refractivity contribution < 1.29 is 14.3 Å². The van der Waals surface area contributed by atoms with Crippen molar-refractivity contribution in [3.63, 3.8) is 0 Å². The minimum atomic E-state index is -0.454. The number of carbonyl (C=O) groups is 2. The zero-order chi connectivity index (χ0) is 21.4. The van der Waals surface area contributed by atoms with Gasteiger partial charge in [-0.15, -0.1) is 11.3 Å². The van der Waals surface area contributed by atoms with Crippen molar-refractivity contribution in [2.75, 3.05) is 18.1 Å². The molecule has 0 saturated carbocycles. The molecule has 3 heterocycles. The second kappa shape index (κ2) is 8.07. The van der Waals surface area contributed by atoms with E-state index in [9.17, 15) is 9.59 Å². The molecule has 156 valence electrons. The SMILES string of the molecule is CCn1c(C)cc(C(=O)OCC(=O)N2CCc3cc(-c4csc(C)n4)ccc32)c1C. The van der Waals surface area contributed by atoms with Crippen LogP contribution >= 0.6 is 11.3 Å². The fraction of sp³-hybridized carbons (Fsp3) is 0.348. The average molecular weight is 424 g/mol. The molecule has 1 aliphatic heterocycles. The van der Waals surface area contributed by atoms with Crippen molar-refractivity contribution >= 4 is 28.9 Å². The summed E-state index contributed by atoms with van der Waals surface area (Å²) in [5, 5.41) is 3.08. The third-order valence-corrected chi connectivity index (χ3v) is 6.40. The van der Waals surface area contributed by atoms with Gasteiger partial charge in [0.2, 0.25) is 0 Å². The van der Waals surface area contributed by atoms with Crippen LogP contribution in [0.3, 0.4) is 0 Å². The number of anilines is 1. The lowest BCUT2D eigenvalue weighted by atomic mass is 10.1. The van der Waals surface area contributed by atoms with Crippen LogP contribution in [0.25, 0.3) is 11.3 Å². The van der Waals surface area contributed by atoms with Crippen LogP contribution in [0.4, 0.5) is 5.69 Å². The number of aryl methyl sites for hydroxylation is 2. The topological polar surface area (TPSA) is 64.4 Å². The van der Waals surface area contributed by atoms with Crippen molar-refractivity contribution in [1.82, 2.24) is 9.55 Å². The highest BCUT2D eigenvalue weighted by Crippen LogP contribution is 2.32. The number of carbonyl (C=O) groups excluding carboxylic acids is 2. The summed E-state index contributed by atoms with van der Waals surface area (Å²) in [6, 6.07) is 7.87. The lowest BCUT2D eigenvalue weighted by Crippen LogP contribution is -2.33. The number of fused-ring (bicyclic) bond motifs is 1. The van der Waals surface area contributed by atoms with E-state index in [1.165, 1.54) is 0 Å². The molecule has 0 spiro atoms. The lowest BCUT2D eigenvalue weighted by molar-refractivity contribution is -0.121. The molecule has 0 atom stereocenters. The molecule has 1 amide bonds. The Balaban J connectivity index is 1.44. The fourth-order valence-corrected chi connectivity index (χ4v) is 4.72. The number of benzene rings is 1. The summed E-state index contributed by atoms with van der Waals surface area (Å²) in [4.78, 5) is 31.5. The number of rotatable bonds is 5. The van der Waals surface area contributed by atoms with E-state index in [4.69, 9.17) is 4.74 Å². The van der Waals surface area contributed by atoms with Gasteiger partial charge >= 0.3 is 5.97 Å². The molecule has 0 aliphatic carbocycles. The second-order valence-corrected chi connectivity index (χ2v) is 8.56. The number of hydrogen-bond acceptors (Lipinski definition) is 5. The summed E-state index contributed by atoms with van der Waals surface area (Å²) in [7, 11) is 0. The Bertz CT molecular complexity index is 1130. The smallest absolute Gasteiger partial charge is 0.340 e. The van der Waals surface area contributed by atoms with Gasteiger partial charge in [0.15, 0.2) is 6.61 Å². The van der Waals surface area contributed by atoms with Crippen LogP contribution in [0.2, 0.25) is 0 Å². The molecule has 30 heavy (non-hydrogen) atoms. The molecule has 0 radical (unpaired) electrons. The first-order chi connectivity index (χ1) is 14.4. The Morgan fingerprint density at radius 3 is 2.67 bits per heavy atom. The predicted molar refractivity (Wildman–Crippen MR) is 118 cm³/mol. The van der Waals surface area contributed by atoms with Crippen LogP contribution in [0.1, 0.15) is 39.2 Å². The lowest BCUT2D eigenvalue weighted by Gasteiger charge is -2.17. The normalized spacial score (nSPS) is 12.9. The number of hydrogen-bond donors (Lipinski definition) is 0. The number of esters is 1. The zero-order valence-electron chi connectivity index (χ0n) is 17.7. The van der Waals surface area contributed by atoms with E-state index in [0.29, 0.717) is 12.1 Å². The average Bonchev–Trinajstić information content (AvgIpc) is 3.42. The highest BCUT2D eigenvalue weighted by Gasteiger charge is 2.26. The molecule has 0 fully saturated rings. The summed E-state index contributed by atoms with van der Waals surface area (Å²) in [5.74, 6) is -0.659. The van der Waals surface area contributed by atoms with Gasteiger partial charge in [0, 0.05) is 41.1 Å². The van der Waals surface area contributed by atoms with Gasteiger partial charge in [-0.05, 0) is 57.9 Å². The Morgan fingerprint density at radius 2 is 2.00 bits per heavy atom. The monoisotopic (exact) mass is 423 g/mol. The van der Waals surface area contributed by atoms with E-state index < -0.39 is 5.97 Å². The highest BCUT2D eigenvalue weighted by molar-refractivity contribution is 7.09. The molecular formula is C23H25N3O3S. The Hall–Kier alpha value is -2.93. The number of thiazole rings is 1. The van der Waals surface area contributed by atoms with Gasteiger partial charge in [0.05, 0.1) is 16.3 Å². The van der Waals surface area contributed by atoms with Gasteiger partial charge in [-0.25, -0.2) is 9.78 Å². The first-order valence-electron chi connectivity index (χ1n) is 10.1. The molecule has 4 rings (SSSR count). The molecule has 2 aromatic heterocycles. The van der Waals surface area contributed by atoms with Gasteiger partial charge < -0.3 is 14.2 Å². The van der Waals surface area contributed by atoms with Crippen molar-refractivity contribution in [1.29, 1.82) is 0 Å². The maximum absolute atomic E-state index is 12.7. The Morgan fingerprint density at radius 1 is 1.20 bits per heavy atom. The summed E-state index contributed by atoms with van der Waals surface area (Å²) in [6.45, 7) is 9.00. The number of ether oxygens (including phenoxy) is 1. The van der Waals surface area contributed by atoms with E-state index in [2.05, 4.69) is 15.6 Å². The fourth-order valence-electron chi connectivity index (χ4n) is 4.09. The van der Waals surface area contributed by atoms with Gasteiger partial charge in [-0.3, -0.25) is 4.79 Å². The van der Waals surface area contributed by atoms with Gasteiger partial charge in [-0.2, -0.15) is 0 Å². The molecule has 0 saturated heterocycles. The minimum Gasteiger partial charge on any atom is -0.452 e. The van der Waals surface area contributed by atoms with Crippen molar-refractivity contribution in [2.45, 2.75) is 40.7 Å². The molecule has 0 N–H and O–H groups in total. The summed E-state index contributed by atoms with van der Waals surface area (Å²) in [5.41, 5.74) is 6.41. The highest BCUT2D eigenvalue weighted by atomic mass is 32.1. The number of amides is 1. The van der Waals surface area contributed by atoms with Gasteiger partial charge in [-0.1, -0.05) is 6.07 Å². The summed E-state index contributed by atoms with van der Waals surface area (Å²) in [6.07, 6.45) is 0.781. The van der Waals surface area contributed by atoms with Crippen LogP contribution in [-0.2, 0) is 22.5 Å². The van der Waals surface area contributed by atoms with E-state index >= 15 is 0 Å². The molecular weight excluding hydrogens is 398 g/mol. The largest absolute Gasteiger partial charge is 0.452 e. The van der Waals surface area contributed by atoms with E-state index in [0.717, 1.165) is 51.9 Å². The van der Waals surface area contributed by atoms with Crippen LogP contribution < -0.4 is 4.90 Å². The summed E-state index contributed by atoms with van der Waals surface area (Å²) < 4.78 is 7.41. The molecule has 0 bridgehead atoms. The second-order valence-electron chi connectivity index (χ2n) is 7.50. The molecule has 7 heteroatoms. The standard InChI is InChI=1S/C23H25N3O3S/c1-5-25-14(2)10-19(15(25)3)23(28)29-12-22(27)26-9-8-18-11-17(6-7-21(18)26)20-13-30-16(4)24-20/h6-7,10-11,13H,5,8-9,12H2,1-4H3. The molecule has 3 aromatic rings. The molecule has 1 aliphatic rings. The van der Waals surface area contributed by atoms with Crippen molar-refractivity contribution in [3.05, 3.63) is 57.2 Å². The summed E-state index contributed by atoms with van der Waals surface area (Å²) >= 11 is 1.62. The van der Waals surface area contributed by atoms with Gasteiger partial charge in [0.1, 0.15) is 0 Å². The first-order valence-corrected chi connectivity index (χ1v) is 11.0. The van der Waals surface area contributed by atoms with E-state index in [1.807, 2.05) is 51.3 Å². The first kappa shape index (κ1) is 20.3. The van der Waals surface area contributed by atoms with Crippen LogP contribution in [0.5, 0.6) is 0 Å². The number of nitrogens with zero attached hydrogens (tertiary/aromatic N) is 3. The van der Waals surface area contributed by atoms with Crippen LogP contribution in [0.15, 0.2) is 29.6 Å². The molecule has 0 unspecified atom stereocenters. The molecule has 1 aromatic carbocycles. The minimum absolute atomic E-state index is 0.205. The third kappa shape index (κ3) is 3.65.